The van der Waals surface area contributed by atoms with Gasteiger partial charge in [-0.05, 0) is 6.42 Å². The second-order valence-electron chi connectivity index (χ2n) is 2.24. The lowest BCUT2D eigenvalue weighted by Gasteiger charge is -2.06. The van der Waals surface area contributed by atoms with Gasteiger partial charge in [0.15, 0.2) is 0 Å². The molecule has 0 radical (unpaired) electrons. The van der Waals surface area contributed by atoms with Gasteiger partial charge in [-0.3, -0.25) is 14.4 Å². The second-order valence-corrected chi connectivity index (χ2v) is 2.24. The van der Waals surface area contributed by atoms with Crippen molar-refractivity contribution in [3.63, 3.8) is 0 Å². The van der Waals surface area contributed by atoms with E-state index in [-0.39, 0.29) is 18.9 Å². The van der Waals surface area contributed by atoms with Crippen LogP contribution in [-0.2, 0) is 14.4 Å². The maximum absolute atomic E-state index is 10.2. The minimum absolute atomic E-state index is 0.0903. The van der Waals surface area contributed by atoms with Crippen LogP contribution >= 0.6 is 0 Å². The topological polar surface area (TPSA) is 102 Å². The lowest BCUT2D eigenvalue weighted by atomic mass is 10.2. The van der Waals surface area contributed by atoms with Gasteiger partial charge in [-0.2, -0.15) is 0 Å². The summed E-state index contributed by atoms with van der Waals surface area (Å²) < 4.78 is 0. The fourth-order valence-corrected chi connectivity index (χ4v) is 0.462. The van der Waals surface area contributed by atoms with Gasteiger partial charge < -0.3 is 10.8 Å². The number of nitrogens with one attached hydrogen (secondary N) is 1. The van der Waals surface area contributed by atoms with Gasteiger partial charge in [0.1, 0.15) is 6.04 Å². The molecule has 0 aromatic carbocycles. The maximum atomic E-state index is 10.2. The Labute approximate surface area is 69.6 Å². The highest BCUT2D eigenvalue weighted by Crippen LogP contribution is 1.87. The summed E-state index contributed by atoms with van der Waals surface area (Å²) in [5.74, 6) is -1.42. The third kappa shape index (κ3) is 5.63. The Kier molecular flexibility index (Phi) is 4.98. The van der Waals surface area contributed by atoms with Crippen molar-refractivity contribution in [2.24, 2.45) is 5.73 Å². The van der Waals surface area contributed by atoms with Crippen molar-refractivity contribution in [1.82, 2.24) is 5.48 Å². The van der Waals surface area contributed by atoms with Crippen LogP contribution in [0.1, 0.15) is 13.3 Å². The Morgan fingerprint density at radius 1 is 1.67 bits per heavy atom. The molecule has 4 N–H and O–H groups in total. The number of carbonyl (C=O) groups excluding carboxylic acids is 1. The highest BCUT2D eigenvalue weighted by Gasteiger charge is 2.10. The molecule has 12 heavy (non-hydrogen) atoms. The lowest BCUT2D eigenvalue weighted by molar-refractivity contribution is -0.139. The van der Waals surface area contributed by atoms with Crippen LogP contribution in [0.4, 0.5) is 0 Å². The van der Waals surface area contributed by atoms with Gasteiger partial charge in [-0.1, -0.05) is 0 Å². The first-order valence-corrected chi connectivity index (χ1v) is 3.40. The van der Waals surface area contributed by atoms with Crippen LogP contribution in [0.5, 0.6) is 0 Å². The number of carboxylic acids is 1. The lowest BCUT2D eigenvalue weighted by Crippen LogP contribution is -2.32. The minimum Gasteiger partial charge on any atom is -0.480 e. The number of hydrogen-bond acceptors (Lipinski definition) is 4. The fraction of sp³-hybridized carbons (Fsp3) is 0.667. The number of rotatable bonds is 5. The summed E-state index contributed by atoms with van der Waals surface area (Å²) in [6.07, 6.45) is 0.162. The van der Waals surface area contributed by atoms with E-state index in [1.807, 2.05) is 0 Å². The van der Waals surface area contributed by atoms with E-state index in [4.69, 9.17) is 10.8 Å². The Morgan fingerprint density at radius 2 is 2.25 bits per heavy atom. The number of carboxylic acid groups (broad SMARTS) is 1. The normalized spacial score (nSPS) is 12.2. The molecule has 0 heterocycles. The van der Waals surface area contributed by atoms with E-state index in [9.17, 15) is 9.59 Å². The summed E-state index contributed by atoms with van der Waals surface area (Å²) in [5.41, 5.74) is 7.19. The van der Waals surface area contributed by atoms with Gasteiger partial charge in [-0.25, -0.2) is 5.48 Å². The summed E-state index contributed by atoms with van der Waals surface area (Å²) in [5, 5.41) is 8.32. The van der Waals surface area contributed by atoms with Crippen LogP contribution in [-0.4, -0.2) is 29.6 Å². The number of carbonyl (C=O) groups is 2. The number of aliphatic carboxylic acids is 1. The van der Waals surface area contributed by atoms with Crippen molar-refractivity contribution in [2.45, 2.75) is 19.4 Å². The van der Waals surface area contributed by atoms with E-state index >= 15 is 0 Å². The van der Waals surface area contributed by atoms with Gasteiger partial charge in [0.25, 0.3) is 0 Å². The Balaban J connectivity index is 3.31. The van der Waals surface area contributed by atoms with Crippen molar-refractivity contribution in [3.05, 3.63) is 0 Å². The molecule has 70 valence electrons. The van der Waals surface area contributed by atoms with E-state index in [1.54, 1.807) is 0 Å². The molecular formula is C6H12N2O4. The van der Waals surface area contributed by atoms with Gasteiger partial charge in [-0.15, -0.1) is 0 Å². The van der Waals surface area contributed by atoms with Gasteiger partial charge in [0.05, 0.1) is 6.61 Å². The smallest absolute Gasteiger partial charge is 0.320 e. The summed E-state index contributed by atoms with van der Waals surface area (Å²) in [7, 11) is 0. The molecule has 0 fully saturated rings. The van der Waals surface area contributed by atoms with Crippen LogP contribution in [0, 0.1) is 0 Å². The summed E-state index contributed by atoms with van der Waals surface area (Å²) in [4.78, 5) is 25.0. The van der Waals surface area contributed by atoms with Crippen molar-refractivity contribution in [2.75, 3.05) is 6.61 Å². The second kappa shape index (κ2) is 5.50. The molecule has 0 saturated carbocycles. The monoisotopic (exact) mass is 176 g/mol. The first kappa shape index (κ1) is 10.9. The highest BCUT2D eigenvalue weighted by molar-refractivity contribution is 5.73. The average molecular weight is 176 g/mol. The molecule has 1 amide bonds. The van der Waals surface area contributed by atoms with Crippen molar-refractivity contribution in [1.29, 1.82) is 0 Å². The molecule has 0 bridgehead atoms. The Hall–Kier alpha value is -1.14. The number of amides is 1. The molecule has 0 aliphatic carbocycles. The third-order valence-corrected chi connectivity index (χ3v) is 1.06. The molecule has 1 atom stereocenters. The standard InChI is InChI=1S/C6H12N2O4/c1-4(9)8-12-3-2-5(7)6(10)11/h5H,2-3,7H2,1H3,(H,8,9)(H,10,11)/t5-/m0/s1. The maximum Gasteiger partial charge on any atom is 0.320 e. The molecular weight excluding hydrogens is 164 g/mol. The van der Waals surface area contributed by atoms with Crippen LogP contribution in [0.25, 0.3) is 0 Å². The molecule has 0 aliphatic heterocycles. The minimum atomic E-state index is -1.08. The summed E-state index contributed by atoms with van der Waals surface area (Å²) >= 11 is 0. The van der Waals surface area contributed by atoms with E-state index in [0.29, 0.717) is 0 Å². The summed E-state index contributed by atoms with van der Waals surface area (Å²) in [6.45, 7) is 1.38. The summed E-state index contributed by atoms with van der Waals surface area (Å²) in [6, 6.07) is -0.946. The quantitative estimate of drug-likeness (QED) is 0.363. The van der Waals surface area contributed by atoms with Gasteiger partial charge in [0.2, 0.25) is 5.91 Å². The zero-order valence-electron chi connectivity index (χ0n) is 6.74. The van der Waals surface area contributed by atoms with Crippen molar-refractivity contribution >= 4 is 11.9 Å². The first-order chi connectivity index (χ1) is 5.54. The molecule has 0 unspecified atom stereocenters. The average Bonchev–Trinajstić information content (AvgIpc) is 1.97. The number of hydroxylamine groups is 1. The largest absolute Gasteiger partial charge is 0.480 e. The number of nitrogens with two attached hydrogens (primary N) is 1. The molecule has 0 spiro atoms. The third-order valence-electron chi connectivity index (χ3n) is 1.06. The molecule has 0 saturated heterocycles. The molecule has 0 aliphatic rings. The number of hydrogen-bond donors (Lipinski definition) is 3. The molecule has 0 aromatic rings. The zero-order chi connectivity index (χ0) is 9.56. The van der Waals surface area contributed by atoms with E-state index < -0.39 is 12.0 Å². The van der Waals surface area contributed by atoms with E-state index in [0.717, 1.165) is 0 Å². The SMILES string of the molecule is CC(=O)NOCC[C@H](N)C(=O)O. The van der Waals surface area contributed by atoms with Crippen LogP contribution < -0.4 is 11.2 Å². The molecule has 0 rings (SSSR count). The van der Waals surface area contributed by atoms with Crippen molar-refractivity contribution in [3.8, 4) is 0 Å². The first-order valence-electron chi connectivity index (χ1n) is 3.40. The van der Waals surface area contributed by atoms with Gasteiger partial charge >= 0.3 is 5.97 Å². The Morgan fingerprint density at radius 3 is 2.67 bits per heavy atom. The van der Waals surface area contributed by atoms with Crippen molar-refractivity contribution < 1.29 is 19.5 Å². The van der Waals surface area contributed by atoms with Crippen LogP contribution in [0.2, 0.25) is 0 Å². The van der Waals surface area contributed by atoms with E-state index in [2.05, 4.69) is 10.3 Å². The van der Waals surface area contributed by atoms with Gasteiger partial charge in [0, 0.05) is 6.92 Å². The fourth-order valence-electron chi connectivity index (χ4n) is 0.462. The predicted octanol–water partition coefficient (Wildman–Crippen LogP) is -1.14. The zero-order valence-corrected chi connectivity index (χ0v) is 6.74. The highest BCUT2D eigenvalue weighted by atomic mass is 16.6. The molecule has 0 aromatic heterocycles. The van der Waals surface area contributed by atoms with E-state index in [1.165, 1.54) is 6.92 Å². The van der Waals surface area contributed by atoms with Crippen LogP contribution in [0.15, 0.2) is 0 Å². The predicted molar refractivity (Wildman–Crippen MR) is 40.0 cm³/mol. The molecule has 6 heteroatoms. The Bertz CT molecular complexity index is 171. The van der Waals surface area contributed by atoms with Crippen LogP contribution in [0.3, 0.4) is 0 Å². The molecule has 6 nitrogen and oxygen atoms in total.